The van der Waals surface area contributed by atoms with Crippen molar-refractivity contribution >= 4 is 11.6 Å². The molecule has 3 aromatic rings. The molecule has 0 bridgehead atoms. The lowest BCUT2D eigenvalue weighted by molar-refractivity contribution is 0.0942. The molecule has 2 N–H and O–H groups in total. The molecule has 1 heterocycles. The van der Waals surface area contributed by atoms with Gasteiger partial charge in [-0.2, -0.15) is 5.10 Å². The Bertz CT molecular complexity index is 886. The Labute approximate surface area is 152 Å². The lowest BCUT2D eigenvalue weighted by Crippen LogP contribution is -2.35. The first-order valence-corrected chi connectivity index (χ1v) is 8.12. The van der Waals surface area contributed by atoms with Gasteiger partial charge >= 0.3 is 0 Å². The van der Waals surface area contributed by atoms with Crippen molar-refractivity contribution in [2.24, 2.45) is 0 Å². The average Bonchev–Trinajstić information content (AvgIpc) is 3.19. The highest BCUT2D eigenvalue weighted by molar-refractivity contribution is 5.94. The summed E-state index contributed by atoms with van der Waals surface area (Å²) in [6.07, 6.45) is 3.61. The summed E-state index contributed by atoms with van der Waals surface area (Å²) in [7, 11) is 1.61. The highest BCUT2D eigenvalue weighted by Crippen LogP contribution is 2.15. The van der Waals surface area contributed by atoms with Gasteiger partial charge in [0.1, 0.15) is 5.75 Å². The van der Waals surface area contributed by atoms with Gasteiger partial charge in [0.15, 0.2) is 0 Å². The maximum absolute atomic E-state index is 12.4. The number of hydrazine groups is 1. The molecule has 0 fully saturated rings. The van der Waals surface area contributed by atoms with Gasteiger partial charge in [-0.1, -0.05) is 18.7 Å². The molecule has 0 saturated carbocycles. The summed E-state index contributed by atoms with van der Waals surface area (Å²) in [5.41, 5.74) is 8.52. The van der Waals surface area contributed by atoms with E-state index < -0.39 is 0 Å². The first kappa shape index (κ1) is 17.3. The number of carbonyl (C=O) groups is 1. The van der Waals surface area contributed by atoms with Crippen LogP contribution >= 0.6 is 0 Å². The van der Waals surface area contributed by atoms with Gasteiger partial charge in [-0.15, -0.1) is 0 Å². The van der Waals surface area contributed by atoms with E-state index in [1.165, 1.54) is 0 Å². The van der Waals surface area contributed by atoms with Crippen LogP contribution in [0, 0.1) is 0 Å². The van der Waals surface area contributed by atoms with Gasteiger partial charge in [0, 0.05) is 18.0 Å². The van der Waals surface area contributed by atoms with Gasteiger partial charge in [-0.25, -0.2) is 0 Å². The molecule has 0 aliphatic heterocycles. The second-order valence-corrected chi connectivity index (χ2v) is 5.69. The van der Waals surface area contributed by atoms with Crippen LogP contribution in [-0.2, 0) is 6.54 Å². The van der Waals surface area contributed by atoms with Gasteiger partial charge in [-0.05, 0) is 53.6 Å². The van der Waals surface area contributed by atoms with Crippen molar-refractivity contribution in [3.8, 4) is 5.75 Å². The maximum atomic E-state index is 12.4. The zero-order valence-electron chi connectivity index (χ0n) is 14.5. The zero-order chi connectivity index (χ0) is 18.4. The van der Waals surface area contributed by atoms with Crippen molar-refractivity contribution in [1.82, 2.24) is 20.6 Å². The Hall–Kier alpha value is -3.54. The number of rotatable bonds is 7. The monoisotopic (exact) mass is 348 g/mol. The van der Waals surface area contributed by atoms with Gasteiger partial charge in [-0.3, -0.25) is 20.3 Å². The second kappa shape index (κ2) is 8.02. The fraction of sp³-hybridized carbons (Fsp3) is 0.100. The lowest BCUT2D eigenvalue weighted by atomic mass is 10.1. The Morgan fingerprint density at radius 2 is 1.92 bits per heavy atom. The standard InChI is InChI=1S/C20H20N4O2/c1-15(17-7-9-19(26-2)10-8-17)22-23-20(25)18-6-3-5-16(13-18)14-24-12-4-11-21-24/h3-13,22H,1,14H2,2H3,(H,23,25). The maximum Gasteiger partial charge on any atom is 0.269 e. The zero-order valence-corrected chi connectivity index (χ0v) is 14.5. The number of aromatic nitrogens is 2. The minimum absolute atomic E-state index is 0.234. The number of benzene rings is 2. The van der Waals surface area contributed by atoms with Crippen molar-refractivity contribution < 1.29 is 9.53 Å². The summed E-state index contributed by atoms with van der Waals surface area (Å²) in [6, 6.07) is 16.7. The SMILES string of the molecule is C=C(NNC(=O)c1cccc(Cn2cccn2)c1)c1ccc(OC)cc1. The van der Waals surface area contributed by atoms with Crippen molar-refractivity contribution in [2.45, 2.75) is 6.54 Å². The minimum Gasteiger partial charge on any atom is -0.497 e. The smallest absolute Gasteiger partial charge is 0.269 e. The molecular formula is C20H20N4O2. The first-order valence-electron chi connectivity index (χ1n) is 8.12. The number of amides is 1. The summed E-state index contributed by atoms with van der Waals surface area (Å²) in [6.45, 7) is 4.55. The van der Waals surface area contributed by atoms with Crippen molar-refractivity contribution in [2.75, 3.05) is 7.11 Å². The topological polar surface area (TPSA) is 68.2 Å². The molecule has 0 aliphatic rings. The van der Waals surface area contributed by atoms with Gasteiger partial charge in [0.2, 0.25) is 0 Å². The minimum atomic E-state index is -0.234. The van der Waals surface area contributed by atoms with Crippen molar-refractivity contribution in [1.29, 1.82) is 0 Å². The van der Waals surface area contributed by atoms with Crippen LogP contribution < -0.4 is 15.6 Å². The number of nitrogens with zero attached hydrogens (tertiary/aromatic N) is 2. The average molecular weight is 348 g/mol. The van der Waals surface area contributed by atoms with Gasteiger partial charge in [0.05, 0.1) is 19.4 Å². The Kier molecular flexibility index (Phi) is 5.34. The van der Waals surface area contributed by atoms with E-state index in [1.54, 1.807) is 24.1 Å². The van der Waals surface area contributed by atoms with E-state index in [1.807, 2.05) is 54.7 Å². The van der Waals surface area contributed by atoms with E-state index in [0.29, 0.717) is 17.8 Å². The second-order valence-electron chi connectivity index (χ2n) is 5.69. The number of hydrogen-bond donors (Lipinski definition) is 2. The van der Waals surface area contributed by atoms with E-state index in [-0.39, 0.29) is 5.91 Å². The van der Waals surface area contributed by atoms with Gasteiger partial charge < -0.3 is 4.74 Å². The van der Waals surface area contributed by atoms with Crippen LogP contribution in [0.5, 0.6) is 5.75 Å². The van der Waals surface area contributed by atoms with Crippen LogP contribution in [0.1, 0.15) is 21.5 Å². The molecule has 1 aromatic heterocycles. The number of nitrogens with one attached hydrogen (secondary N) is 2. The summed E-state index contributed by atoms with van der Waals surface area (Å²) in [4.78, 5) is 12.4. The molecule has 0 aliphatic carbocycles. The molecule has 0 spiro atoms. The van der Waals surface area contributed by atoms with E-state index in [2.05, 4.69) is 22.5 Å². The van der Waals surface area contributed by atoms with Crippen molar-refractivity contribution in [3.63, 3.8) is 0 Å². The highest BCUT2D eigenvalue weighted by atomic mass is 16.5. The predicted octanol–water partition coefficient (Wildman–Crippen LogP) is 2.85. The molecule has 3 rings (SSSR count). The van der Waals surface area contributed by atoms with Gasteiger partial charge in [0.25, 0.3) is 5.91 Å². The molecule has 132 valence electrons. The molecule has 6 heteroatoms. The highest BCUT2D eigenvalue weighted by Gasteiger charge is 2.07. The first-order chi connectivity index (χ1) is 12.7. The van der Waals surface area contributed by atoms with E-state index in [4.69, 9.17) is 4.74 Å². The Balaban J connectivity index is 1.59. The third-order valence-corrected chi connectivity index (χ3v) is 3.86. The van der Waals surface area contributed by atoms with Crippen LogP contribution in [0.4, 0.5) is 0 Å². The summed E-state index contributed by atoms with van der Waals surface area (Å²) in [5.74, 6) is 0.529. The van der Waals surface area contributed by atoms with Crippen LogP contribution in [0.15, 0.2) is 73.6 Å². The van der Waals surface area contributed by atoms with E-state index in [9.17, 15) is 4.79 Å². The summed E-state index contributed by atoms with van der Waals surface area (Å²) in [5, 5.41) is 4.17. The van der Waals surface area contributed by atoms with Crippen LogP contribution in [-0.4, -0.2) is 22.8 Å². The summed E-state index contributed by atoms with van der Waals surface area (Å²) < 4.78 is 6.93. The van der Waals surface area contributed by atoms with Crippen LogP contribution in [0.3, 0.4) is 0 Å². The number of carbonyl (C=O) groups excluding carboxylic acids is 1. The largest absolute Gasteiger partial charge is 0.497 e. The van der Waals surface area contributed by atoms with E-state index in [0.717, 1.165) is 16.9 Å². The molecule has 1 amide bonds. The number of methoxy groups -OCH3 is 1. The Morgan fingerprint density at radius 3 is 2.62 bits per heavy atom. The third-order valence-electron chi connectivity index (χ3n) is 3.86. The van der Waals surface area contributed by atoms with Crippen molar-refractivity contribution in [3.05, 3.63) is 90.3 Å². The third kappa shape index (κ3) is 4.30. The summed E-state index contributed by atoms with van der Waals surface area (Å²) >= 11 is 0. The number of hydrogen-bond acceptors (Lipinski definition) is 4. The fourth-order valence-corrected chi connectivity index (χ4v) is 2.46. The lowest BCUT2D eigenvalue weighted by Gasteiger charge is -2.12. The van der Waals surface area contributed by atoms with Crippen LogP contribution in [0.2, 0.25) is 0 Å². The van der Waals surface area contributed by atoms with E-state index >= 15 is 0 Å². The van der Waals surface area contributed by atoms with Crippen LogP contribution in [0.25, 0.3) is 5.70 Å². The molecule has 0 unspecified atom stereocenters. The molecule has 26 heavy (non-hydrogen) atoms. The normalized spacial score (nSPS) is 10.2. The molecule has 0 radical (unpaired) electrons. The molecule has 2 aromatic carbocycles. The molecular weight excluding hydrogens is 328 g/mol. The predicted molar refractivity (Wildman–Crippen MR) is 100 cm³/mol. The molecule has 6 nitrogen and oxygen atoms in total. The number of ether oxygens (including phenoxy) is 1. The fourth-order valence-electron chi connectivity index (χ4n) is 2.46. The molecule has 0 saturated heterocycles. The quantitative estimate of drug-likeness (QED) is 0.644. The molecule has 0 atom stereocenters. The Morgan fingerprint density at radius 1 is 1.12 bits per heavy atom.